The van der Waals surface area contributed by atoms with E-state index < -0.39 is 0 Å². The normalized spacial score (nSPS) is 18.3. The van der Waals surface area contributed by atoms with Crippen molar-refractivity contribution in [2.24, 2.45) is 0 Å². The zero-order chi connectivity index (χ0) is 13.1. The van der Waals surface area contributed by atoms with Gasteiger partial charge in [-0.2, -0.15) is 0 Å². The van der Waals surface area contributed by atoms with Crippen molar-refractivity contribution in [3.63, 3.8) is 0 Å². The topological polar surface area (TPSA) is 61.4 Å². The first kappa shape index (κ1) is 12.2. The molecule has 0 bridgehead atoms. The first-order chi connectivity index (χ1) is 9.33. The molecule has 1 amide bonds. The number of rotatable bonds is 4. The van der Waals surface area contributed by atoms with Gasteiger partial charge < -0.3 is 15.1 Å². The van der Waals surface area contributed by atoms with E-state index in [9.17, 15) is 4.79 Å². The largest absolute Gasteiger partial charge is 0.361 e. The van der Waals surface area contributed by atoms with Crippen LogP contribution in [0.25, 0.3) is 0 Å². The van der Waals surface area contributed by atoms with Gasteiger partial charge in [0, 0.05) is 32.2 Å². The molecule has 0 unspecified atom stereocenters. The Bertz CT molecular complexity index is 454. The average molecular weight is 261 g/mol. The Labute approximate surface area is 112 Å². The second-order valence-electron chi connectivity index (χ2n) is 5.04. The molecule has 1 aromatic heterocycles. The summed E-state index contributed by atoms with van der Waals surface area (Å²) >= 11 is 0. The third-order valence-electron chi connectivity index (χ3n) is 3.71. The van der Waals surface area contributed by atoms with Crippen LogP contribution < -0.4 is 10.2 Å². The Morgan fingerprint density at radius 1 is 1.16 bits per heavy atom. The lowest BCUT2D eigenvalue weighted by molar-refractivity contribution is -0.132. The van der Waals surface area contributed by atoms with E-state index in [0.717, 1.165) is 44.2 Å². The molecule has 0 atom stereocenters. The van der Waals surface area contributed by atoms with E-state index in [-0.39, 0.29) is 5.91 Å². The van der Waals surface area contributed by atoms with Crippen LogP contribution in [0.3, 0.4) is 0 Å². The molecule has 6 nitrogen and oxygen atoms in total. The zero-order valence-electron chi connectivity index (χ0n) is 11.0. The van der Waals surface area contributed by atoms with Gasteiger partial charge in [-0.15, -0.1) is 0 Å². The van der Waals surface area contributed by atoms with Crippen LogP contribution in [-0.2, 0) is 4.79 Å². The fraction of sp³-hybridized carbons (Fsp3) is 0.615. The Morgan fingerprint density at radius 3 is 2.63 bits per heavy atom. The first-order valence-electron chi connectivity index (χ1n) is 6.91. The maximum absolute atomic E-state index is 11.7. The smallest absolute Gasteiger partial charge is 0.241 e. The highest BCUT2D eigenvalue weighted by molar-refractivity contribution is 5.81. The van der Waals surface area contributed by atoms with E-state index in [4.69, 9.17) is 0 Å². The van der Waals surface area contributed by atoms with E-state index in [1.807, 2.05) is 11.0 Å². The number of amides is 1. The van der Waals surface area contributed by atoms with Gasteiger partial charge in [-0.1, -0.05) is 0 Å². The van der Waals surface area contributed by atoms with Crippen LogP contribution in [0.15, 0.2) is 12.4 Å². The zero-order valence-corrected chi connectivity index (χ0v) is 11.0. The van der Waals surface area contributed by atoms with E-state index in [0.29, 0.717) is 6.54 Å². The van der Waals surface area contributed by atoms with Crippen LogP contribution in [-0.4, -0.2) is 53.5 Å². The van der Waals surface area contributed by atoms with Crippen molar-refractivity contribution in [1.82, 2.24) is 14.9 Å². The van der Waals surface area contributed by atoms with Gasteiger partial charge >= 0.3 is 0 Å². The molecule has 2 aliphatic rings. The molecule has 0 spiro atoms. The first-order valence-corrected chi connectivity index (χ1v) is 6.91. The molecule has 2 aliphatic heterocycles. The SMILES string of the molecule is O=C(CNc1cc(N2CCCC2)ncn1)N1CCC1. The number of likely N-dealkylation sites (tertiary alicyclic amines) is 1. The van der Waals surface area contributed by atoms with Gasteiger partial charge in [0.25, 0.3) is 0 Å². The van der Waals surface area contributed by atoms with Gasteiger partial charge in [-0.25, -0.2) is 9.97 Å². The molecule has 0 radical (unpaired) electrons. The molecule has 102 valence electrons. The number of nitrogens with zero attached hydrogens (tertiary/aromatic N) is 4. The van der Waals surface area contributed by atoms with Crippen LogP contribution in [0, 0.1) is 0 Å². The van der Waals surface area contributed by atoms with Crippen LogP contribution in [0.5, 0.6) is 0 Å². The number of carbonyl (C=O) groups excluding carboxylic acids is 1. The summed E-state index contributed by atoms with van der Waals surface area (Å²) in [6.45, 7) is 4.22. The van der Waals surface area contributed by atoms with Crippen LogP contribution in [0.1, 0.15) is 19.3 Å². The summed E-state index contributed by atoms with van der Waals surface area (Å²) in [5.74, 6) is 1.82. The van der Waals surface area contributed by atoms with Crippen LogP contribution >= 0.6 is 0 Å². The number of nitrogens with one attached hydrogen (secondary N) is 1. The average Bonchev–Trinajstić information content (AvgIpc) is 2.88. The predicted octanol–water partition coefficient (Wildman–Crippen LogP) is 0.721. The third-order valence-corrected chi connectivity index (χ3v) is 3.71. The van der Waals surface area contributed by atoms with E-state index in [1.165, 1.54) is 12.8 Å². The summed E-state index contributed by atoms with van der Waals surface area (Å²) in [5.41, 5.74) is 0. The predicted molar refractivity (Wildman–Crippen MR) is 73.2 cm³/mol. The van der Waals surface area contributed by atoms with Gasteiger partial charge in [0.15, 0.2) is 0 Å². The molecule has 6 heteroatoms. The monoisotopic (exact) mass is 261 g/mol. The van der Waals surface area contributed by atoms with Gasteiger partial charge in [0.2, 0.25) is 5.91 Å². The van der Waals surface area contributed by atoms with Gasteiger partial charge in [0.05, 0.1) is 6.54 Å². The number of carbonyl (C=O) groups is 1. The van der Waals surface area contributed by atoms with E-state index in [1.54, 1.807) is 6.33 Å². The Kier molecular flexibility index (Phi) is 3.48. The summed E-state index contributed by atoms with van der Waals surface area (Å²) in [4.78, 5) is 24.3. The summed E-state index contributed by atoms with van der Waals surface area (Å²) in [5, 5.41) is 3.09. The molecule has 1 N–H and O–H groups in total. The second-order valence-corrected chi connectivity index (χ2v) is 5.04. The summed E-state index contributed by atoms with van der Waals surface area (Å²) in [6.07, 6.45) is 5.13. The van der Waals surface area contributed by atoms with Gasteiger partial charge in [0.1, 0.15) is 18.0 Å². The van der Waals surface area contributed by atoms with Gasteiger partial charge in [-0.3, -0.25) is 4.79 Å². The van der Waals surface area contributed by atoms with Gasteiger partial charge in [-0.05, 0) is 19.3 Å². The lowest BCUT2D eigenvalue weighted by Crippen LogP contribution is -2.44. The maximum atomic E-state index is 11.7. The molecule has 0 aliphatic carbocycles. The highest BCUT2D eigenvalue weighted by Gasteiger charge is 2.20. The number of aromatic nitrogens is 2. The fourth-order valence-corrected chi connectivity index (χ4v) is 2.41. The molecule has 0 aromatic carbocycles. The highest BCUT2D eigenvalue weighted by Crippen LogP contribution is 2.19. The van der Waals surface area contributed by atoms with Crippen molar-refractivity contribution in [1.29, 1.82) is 0 Å². The Morgan fingerprint density at radius 2 is 1.95 bits per heavy atom. The minimum atomic E-state index is 0.146. The van der Waals surface area contributed by atoms with E-state index in [2.05, 4.69) is 20.2 Å². The molecule has 3 rings (SSSR count). The molecule has 0 saturated carbocycles. The van der Waals surface area contributed by atoms with Crippen molar-refractivity contribution in [3.05, 3.63) is 12.4 Å². The van der Waals surface area contributed by atoms with Crippen LogP contribution in [0.4, 0.5) is 11.6 Å². The minimum absolute atomic E-state index is 0.146. The lowest BCUT2D eigenvalue weighted by atomic mass is 10.2. The fourth-order valence-electron chi connectivity index (χ4n) is 2.41. The molecule has 19 heavy (non-hydrogen) atoms. The molecule has 1 aromatic rings. The molecule has 3 heterocycles. The standard InChI is InChI=1S/C13H19N5O/c19-13(18-6-3-7-18)9-14-11-8-12(16-10-15-11)17-4-1-2-5-17/h8,10H,1-7,9H2,(H,14,15,16). The minimum Gasteiger partial charge on any atom is -0.361 e. The number of hydrogen-bond donors (Lipinski definition) is 1. The van der Waals surface area contributed by atoms with Crippen molar-refractivity contribution < 1.29 is 4.79 Å². The number of anilines is 2. The summed E-state index contributed by atoms with van der Waals surface area (Å²) in [6, 6.07) is 1.93. The third kappa shape index (κ3) is 2.77. The van der Waals surface area contributed by atoms with Crippen LogP contribution in [0.2, 0.25) is 0 Å². The maximum Gasteiger partial charge on any atom is 0.241 e. The molecular weight excluding hydrogens is 242 g/mol. The summed E-state index contributed by atoms with van der Waals surface area (Å²) in [7, 11) is 0. The quantitative estimate of drug-likeness (QED) is 0.865. The second kappa shape index (κ2) is 5.42. The Balaban J connectivity index is 1.57. The summed E-state index contributed by atoms with van der Waals surface area (Å²) < 4.78 is 0. The van der Waals surface area contributed by atoms with Crippen molar-refractivity contribution in [3.8, 4) is 0 Å². The molecule has 2 fully saturated rings. The Hall–Kier alpha value is -1.85. The van der Waals surface area contributed by atoms with E-state index >= 15 is 0 Å². The molecular formula is C13H19N5O. The number of hydrogen-bond acceptors (Lipinski definition) is 5. The van der Waals surface area contributed by atoms with Crippen molar-refractivity contribution in [2.45, 2.75) is 19.3 Å². The van der Waals surface area contributed by atoms with Crippen molar-refractivity contribution >= 4 is 17.5 Å². The highest BCUT2D eigenvalue weighted by atomic mass is 16.2. The lowest BCUT2D eigenvalue weighted by Gasteiger charge is -2.30. The van der Waals surface area contributed by atoms with Crippen molar-refractivity contribution in [2.75, 3.05) is 42.9 Å². The molecule has 2 saturated heterocycles.